The van der Waals surface area contributed by atoms with Crippen LogP contribution in [0.25, 0.3) is 0 Å². The van der Waals surface area contributed by atoms with E-state index in [-0.39, 0.29) is 11.8 Å². The van der Waals surface area contributed by atoms with Gasteiger partial charge in [0, 0.05) is 5.92 Å². The third-order valence-corrected chi connectivity index (χ3v) is 2.87. The van der Waals surface area contributed by atoms with E-state index in [1.54, 1.807) is 0 Å². The Hall–Kier alpha value is -0.530. The van der Waals surface area contributed by atoms with Gasteiger partial charge in [0.2, 0.25) is 5.91 Å². The van der Waals surface area contributed by atoms with Gasteiger partial charge >= 0.3 is 0 Å². The molecule has 0 aromatic rings. The fraction of sp³-hybridized carbons (Fsp3) is 0.889. The van der Waals surface area contributed by atoms with E-state index in [0.717, 1.165) is 12.8 Å². The van der Waals surface area contributed by atoms with Crippen LogP contribution in [0.15, 0.2) is 0 Å². The molecule has 0 saturated heterocycles. The molecule has 0 bridgehead atoms. The SMILES string of the molecule is CC1CCCC(C)C1C(N)=O. The third-order valence-electron chi connectivity index (χ3n) is 2.87. The standard InChI is InChI=1S/C9H17NO/c1-6-4-3-5-7(2)8(6)9(10)11/h6-8H,3-5H2,1-2H3,(H2,10,11). The summed E-state index contributed by atoms with van der Waals surface area (Å²) in [5.74, 6) is 1.01. The highest BCUT2D eigenvalue weighted by Gasteiger charge is 2.31. The lowest BCUT2D eigenvalue weighted by molar-refractivity contribution is -0.126. The van der Waals surface area contributed by atoms with Crippen molar-refractivity contribution in [3.8, 4) is 0 Å². The molecule has 2 N–H and O–H groups in total. The Labute approximate surface area is 68.2 Å². The van der Waals surface area contributed by atoms with Crippen molar-refractivity contribution in [3.05, 3.63) is 0 Å². The van der Waals surface area contributed by atoms with Gasteiger partial charge in [0.25, 0.3) is 0 Å². The second-order valence-corrected chi connectivity index (χ2v) is 3.81. The molecule has 0 heterocycles. The number of carbonyl (C=O) groups is 1. The van der Waals surface area contributed by atoms with Crippen LogP contribution in [-0.2, 0) is 4.79 Å². The first-order valence-corrected chi connectivity index (χ1v) is 4.42. The summed E-state index contributed by atoms with van der Waals surface area (Å²) in [7, 11) is 0. The lowest BCUT2D eigenvalue weighted by atomic mass is 9.73. The predicted molar refractivity (Wildman–Crippen MR) is 44.9 cm³/mol. The van der Waals surface area contributed by atoms with Crippen molar-refractivity contribution in [1.82, 2.24) is 0 Å². The van der Waals surface area contributed by atoms with Crippen LogP contribution in [0.4, 0.5) is 0 Å². The first-order chi connectivity index (χ1) is 5.13. The van der Waals surface area contributed by atoms with E-state index in [2.05, 4.69) is 13.8 Å². The predicted octanol–water partition coefficient (Wildman–Crippen LogP) is 1.54. The van der Waals surface area contributed by atoms with Crippen molar-refractivity contribution in [2.45, 2.75) is 33.1 Å². The average Bonchev–Trinajstić information content (AvgIpc) is 1.85. The first kappa shape index (κ1) is 8.57. The molecule has 1 amide bonds. The molecule has 1 aliphatic rings. The monoisotopic (exact) mass is 155 g/mol. The molecule has 0 aromatic heterocycles. The molecule has 0 aromatic carbocycles. The molecular formula is C9H17NO. The number of primary amides is 1. The van der Waals surface area contributed by atoms with Crippen molar-refractivity contribution >= 4 is 5.91 Å². The minimum absolute atomic E-state index is 0.107. The molecule has 64 valence electrons. The molecule has 0 aliphatic heterocycles. The van der Waals surface area contributed by atoms with Gasteiger partial charge in [-0.3, -0.25) is 4.79 Å². The number of hydrogen-bond donors (Lipinski definition) is 1. The summed E-state index contributed by atoms with van der Waals surface area (Å²) < 4.78 is 0. The van der Waals surface area contributed by atoms with Gasteiger partial charge in [-0.05, 0) is 24.7 Å². The summed E-state index contributed by atoms with van der Waals surface area (Å²) in [5.41, 5.74) is 5.31. The summed E-state index contributed by atoms with van der Waals surface area (Å²) in [4.78, 5) is 11.0. The molecule has 0 spiro atoms. The van der Waals surface area contributed by atoms with Gasteiger partial charge in [0.05, 0.1) is 0 Å². The fourth-order valence-corrected chi connectivity index (χ4v) is 2.24. The third kappa shape index (κ3) is 1.73. The second kappa shape index (κ2) is 3.24. The maximum absolute atomic E-state index is 11.0. The van der Waals surface area contributed by atoms with Crippen molar-refractivity contribution < 1.29 is 4.79 Å². The van der Waals surface area contributed by atoms with Crippen LogP contribution in [0.2, 0.25) is 0 Å². The Kier molecular flexibility index (Phi) is 2.53. The topological polar surface area (TPSA) is 43.1 Å². The molecule has 1 saturated carbocycles. The van der Waals surface area contributed by atoms with Crippen LogP contribution in [-0.4, -0.2) is 5.91 Å². The van der Waals surface area contributed by atoms with Gasteiger partial charge in [-0.15, -0.1) is 0 Å². The minimum Gasteiger partial charge on any atom is -0.369 e. The smallest absolute Gasteiger partial charge is 0.221 e. The van der Waals surface area contributed by atoms with Crippen molar-refractivity contribution in [2.24, 2.45) is 23.5 Å². The van der Waals surface area contributed by atoms with E-state index in [1.165, 1.54) is 6.42 Å². The molecule has 1 fully saturated rings. The summed E-state index contributed by atoms with van der Waals surface area (Å²) >= 11 is 0. The summed E-state index contributed by atoms with van der Waals surface area (Å²) in [6.45, 7) is 4.26. The maximum atomic E-state index is 11.0. The second-order valence-electron chi connectivity index (χ2n) is 3.81. The molecule has 2 atom stereocenters. The van der Waals surface area contributed by atoms with Crippen LogP contribution in [0, 0.1) is 17.8 Å². The lowest BCUT2D eigenvalue weighted by Crippen LogP contribution is -2.36. The molecule has 11 heavy (non-hydrogen) atoms. The lowest BCUT2D eigenvalue weighted by Gasteiger charge is -2.31. The van der Waals surface area contributed by atoms with E-state index in [4.69, 9.17) is 5.73 Å². The van der Waals surface area contributed by atoms with Crippen molar-refractivity contribution in [1.29, 1.82) is 0 Å². The number of rotatable bonds is 1. The first-order valence-electron chi connectivity index (χ1n) is 4.42. The highest BCUT2D eigenvalue weighted by molar-refractivity contribution is 5.77. The Morgan fingerprint density at radius 1 is 1.27 bits per heavy atom. The van der Waals surface area contributed by atoms with E-state index in [0.29, 0.717) is 11.8 Å². The van der Waals surface area contributed by atoms with E-state index in [9.17, 15) is 4.79 Å². The molecule has 2 heteroatoms. The Morgan fingerprint density at radius 3 is 2.00 bits per heavy atom. The summed E-state index contributed by atoms with van der Waals surface area (Å²) in [6, 6.07) is 0. The Bertz CT molecular complexity index is 146. The molecule has 2 nitrogen and oxygen atoms in total. The zero-order chi connectivity index (χ0) is 8.43. The van der Waals surface area contributed by atoms with Gasteiger partial charge in [0.1, 0.15) is 0 Å². The van der Waals surface area contributed by atoms with E-state index < -0.39 is 0 Å². The molecular weight excluding hydrogens is 138 g/mol. The van der Waals surface area contributed by atoms with Crippen LogP contribution >= 0.6 is 0 Å². The van der Waals surface area contributed by atoms with E-state index >= 15 is 0 Å². The highest BCUT2D eigenvalue weighted by Crippen LogP contribution is 2.33. The Morgan fingerprint density at radius 2 is 1.73 bits per heavy atom. The van der Waals surface area contributed by atoms with Gasteiger partial charge in [-0.1, -0.05) is 20.3 Å². The van der Waals surface area contributed by atoms with Gasteiger partial charge in [-0.25, -0.2) is 0 Å². The summed E-state index contributed by atoms with van der Waals surface area (Å²) in [5, 5.41) is 0. The average molecular weight is 155 g/mol. The van der Waals surface area contributed by atoms with Crippen molar-refractivity contribution in [2.75, 3.05) is 0 Å². The molecule has 1 rings (SSSR count). The van der Waals surface area contributed by atoms with Crippen LogP contribution in [0.5, 0.6) is 0 Å². The van der Waals surface area contributed by atoms with Gasteiger partial charge in [0.15, 0.2) is 0 Å². The van der Waals surface area contributed by atoms with Crippen LogP contribution in [0.1, 0.15) is 33.1 Å². The molecule has 2 unspecified atom stereocenters. The minimum atomic E-state index is -0.107. The number of nitrogens with two attached hydrogens (primary N) is 1. The van der Waals surface area contributed by atoms with Crippen LogP contribution < -0.4 is 5.73 Å². The number of carbonyl (C=O) groups excluding carboxylic acids is 1. The molecule has 0 radical (unpaired) electrons. The van der Waals surface area contributed by atoms with E-state index in [1.807, 2.05) is 0 Å². The highest BCUT2D eigenvalue weighted by atomic mass is 16.1. The molecule has 1 aliphatic carbocycles. The van der Waals surface area contributed by atoms with Crippen LogP contribution in [0.3, 0.4) is 0 Å². The summed E-state index contributed by atoms with van der Waals surface area (Å²) in [6.07, 6.45) is 3.59. The zero-order valence-electron chi connectivity index (χ0n) is 7.34. The van der Waals surface area contributed by atoms with Gasteiger partial charge < -0.3 is 5.73 Å². The number of hydrogen-bond acceptors (Lipinski definition) is 1. The van der Waals surface area contributed by atoms with Crippen molar-refractivity contribution in [3.63, 3.8) is 0 Å². The van der Waals surface area contributed by atoms with Gasteiger partial charge in [-0.2, -0.15) is 0 Å². The quantitative estimate of drug-likeness (QED) is 0.613. The normalized spacial score (nSPS) is 38.5. The zero-order valence-corrected chi connectivity index (χ0v) is 7.34. The Balaban J connectivity index is 2.62. The number of amides is 1. The maximum Gasteiger partial charge on any atom is 0.221 e. The fourth-order valence-electron chi connectivity index (χ4n) is 2.24. The largest absolute Gasteiger partial charge is 0.369 e.